The highest BCUT2D eigenvalue weighted by Gasteiger charge is 2.51. The van der Waals surface area contributed by atoms with Crippen molar-refractivity contribution in [3.63, 3.8) is 0 Å². The lowest BCUT2D eigenvalue weighted by atomic mass is 9.91. The first-order valence-corrected chi connectivity index (χ1v) is 7.57. The Hall–Kier alpha value is -1.59. The first-order chi connectivity index (χ1) is 10.2. The van der Waals surface area contributed by atoms with E-state index in [0.717, 1.165) is 19.3 Å². The molecule has 5 nitrogen and oxygen atoms in total. The minimum absolute atomic E-state index is 0.0381. The largest absolute Gasteiger partial charge is 0.478 e. The van der Waals surface area contributed by atoms with Crippen LogP contribution < -0.4 is 10.5 Å². The Morgan fingerprint density at radius 1 is 1.33 bits per heavy atom. The molecule has 1 saturated heterocycles. The Morgan fingerprint density at radius 3 is 2.67 bits per heavy atom. The molecular weight excluding hydrogens is 268 g/mol. The van der Waals surface area contributed by atoms with Crippen LogP contribution in [0.2, 0.25) is 0 Å². The maximum absolute atomic E-state index is 12.3. The minimum Gasteiger partial charge on any atom is -0.478 e. The number of aliphatic hydroxyl groups excluding tert-OH is 1. The number of hydrogen-bond acceptors (Lipinski definition) is 4. The van der Waals surface area contributed by atoms with Gasteiger partial charge in [0.25, 0.3) is 5.91 Å². The fourth-order valence-corrected chi connectivity index (χ4v) is 2.66. The summed E-state index contributed by atoms with van der Waals surface area (Å²) in [7, 11) is 0. The summed E-state index contributed by atoms with van der Waals surface area (Å²) in [6.07, 6.45) is 2.54. The summed E-state index contributed by atoms with van der Waals surface area (Å²) in [6.45, 7) is 2.65. The number of aliphatic hydroxyl groups is 1. The molecule has 0 bridgehead atoms. The lowest BCUT2D eigenvalue weighted by Gasteiger charge is -2.48. The lowest BCUT2D eigenvalue weighted by Crippen LogP contribution is -2.73. The third-order valence-corrected chi connectivity index (χ3v) is 3.85. The highest BCUT2D eigenvalue weighted by Crippen LogP contribution is 2.27. The standard InChI is InChI=1S/C16H24N2O3/c1-2-3-7-10-18-14(13(17)11-19)15(16(18)20)21-12-8-5-4-6-9-12/h4-6,8-9,13-15,19H,2-3,7,10-11,17H2,1H3/t13-,14-,15+/m0/s1. The Bertz CT molecular complexity index is 452. The zero-order chi connectivity index (χ0) is 15.2. The number of carbonyl (C=O) groups excluding carboxylic acids is 1. The topological polar surface area (TPSA) is 75.8 Å². The van der Waals surface area contributed by atoms with Crippen LogP contribution in [0.1, 0.15) is 26.2 Å². The van der Waals surface area contributed by atoms with Gasteiger partial charge in [0.05, 0.1) is 18.7 Å². The van der Waals surface area contributed by atoms with Crippen LogP contribution in [-0.4, -0.2) is 47.3 Å². The number of likely N-dealkylation sites (tertiary alicyclic amines) is 1. The summed E-state index contributed by atoms with van der Waals surface area (Å²) in [6, 6.07) is 8.52. The molecule has 0 aromatic heterocycles. The van der Waals surface area contributed by atoms with Crippen molar-refractivity contribution in [1.82, 2.24) is 4.90 Å². The van der Waals surface area contributed by atoms with Crippen molar-refractivity contribution >= 4 is 5.91 Å². The van der Waals surface area contributed by atoms with Crippen molar-refractivity contribution in [3.05, 3.63) is 30.3 Å². The molecule has 1 aromatic rings. The second kappa shape index (κ2) is 7.43. The fourth-order valence-electron chi connectivity index (χ4n) is 2.66. The van der Waals surface area contributed by atoms with E-state index in [1.807, 2.05) is 30.3 Å². The molecule has 2 rings (SSSR count). The number of unbranched alkanes of at least 4 members (excludes halogenated alkanes) is 2. The number of para-hydroxylation sites is 1. The number of carbonyl (C=O) groups is 1. The predicted molar refractivity (Wildman–Crippen MR) is 80.9 cm³/mol. The number of benzene rings is 1. The van der Waals surface area contributed by atoms with E-state index in [0.29, 0.717) is 12.3 Å². The average Bonchev–Trinajstić information content (AvgIpc) is 2.53. The number of nitrogens with zero attached hydrogens (tertiary/aromatic N) is 1. The summed E-state index contributed by atoms with van der Waals surface area (Å²) in [4.78, 5) is 14.0. The lowest BCUT2D eigenvalue weighted by molar-refractivity contribution is -0.166. The molecule has 5 heteroatoms. The first kappa shape index (κ1) is 15.8. The maximum Gasteiger partial charge on any atom is 0.266 e. The van der Waals surface area contributed by atoms with Gasteiger partial charge in [-0.2, -0.15) is 0 Å². The number of ether oxygens (including phenoxy) is 1. The maximum atomic E-state index is 12.3. The van der Waals surface area contributed by atoms with Crippen LogP contribution in [0.3, 0.4) is 0 Å². The molecule has 1 amide bonds. The summed E-state index contributed by atoms with van der Waals surface area (Å²) in [5.41, 5.74) is 5.96. The van der Waals surface area contributed by atoms with Crippen molar-refractivity contribution < 1.29 is 14.6 Å². The van der Waals surface area contributed by atoms with Crippen LogP contribution in [0.4, 0.5) is 0 Å². The van der Waals surface area contributed by atoms with Gasteiger partial charge in [-0.15, -0.1) is 0 Å². The van der Waals surface area contributed by atoms with Gasteiger partial charge in [0.2, 0.25) is 0 Å². The Labute approximate surface area is 125 Å². The molecule has 1 aliphatic heterocycles. The van der Waals surface area contributed by atoms with Gasteiger partial charge in [0.1, 0.15) is 5.75 Å². The van der Waals surface area contributed by atoms with Crippen LogP contribution in [0.15, 0.2) is 30.3 Å². The summed E-state index contributed by atoms with van der Waals surface area (Å²) < 4.78 is 5.75. The van der Waals surface area contributed by atoms with Crippen molar-refractivity contribution in [2.24, 2.45) is 5.73 Å². The van der Waals surface area contributed by atoms with Crippen LogP contribution in [0, 0.1) is 0 Å². The summed E-state index contributed by atoms with van der Waals surface area (Å²) in [5.74, 6) is 0.614. The van der Waals surface area contributed by atoms with Gasteiger partial charge in [-0.05, 0) is 18.6 Å². The highest BCUT2D eigenvalue weighted by atomic mass is 16.5. The van der Waals surface area contributed by atoms with Gasteiger partial charge in [-0.1, -0.05) is 38.0 Å². The normalized spacial score (nSPS) is 22.8. The third kappa shape index (κ3) is 3.54. The van der Waals surface area contributed by atoms with Gasteiger partial charge in [-0.25, -0.2) is 0 Å². The highest BCUT2D eigenvalue weighted by molar-refractivity contribution is 5.89. The molecule has 1 fully saturated rings. The van der Waals surface area contributed by atoms with E-state index < -0.39 is 12.1 Å². The van der Waals surface area contributed by atoms with Gasteiger partial charge in [-0.3, -0.25) is 4.79 Å². The Balaban J connectivity index is 2.01. The van der Waals surface area contributed by atoms with E-state index in [9.17, 15) is 9.90 Å². The second-order valence-electron chi connectivity index (χ2n) is 5.43. The fraction of sp³-hybridized carbons (Fsp3) is 0.562. The Kier molecular flexibility index (Phi) is 5.59. The number of nitrogens with two attached hydrogens (primary N) is 1. The van der Waals surface area contributed by atoms with E-state index in [1.165, 1.54) is 0 Å². The molecule has 3 N–H and O–H groups in total. The van der Waals surface area contributed by atoms with Crippen LogP contribution in [0.25, 0.3) is 0 Å². The smallest absolute Gasteiger partial charge is 0.266 e. The second-order valence-corrected chi connectivity index (χ2v) is 5.43. The van der Waals surface area contributed by atoms with Gasteiger partial charge >= 0.3 is 0 Å². The molecule has 1 aliphatic rings. The van der Waals surface area contributed by atoms with Crippen molar-refractivity contribution in [1.29, 1.82) is 0 Å². The van der Waals surface area contributed by atoms with Crippen molar-refractivity contribution in [2.75, 3.05) is 13.2 Å². The van der Waals surface area contributed by atoms with Gasteiger partial charge in [0, 0.05) is 6.54 Å². The number of rotatable bonds is 8. The predicted octanol–water partition coefficient (Wildman–Crippen LogP) is 1.15. The molecule has 0 spiro atoms. The quantitative estimate of drug-likeness (QED) is 0.557. The summed E-state index contributed by atoms with van der Waals surface area (Å²) in [5, 5.41) is 9.31. The van der Waals surface area contributed by atoms with Crippen LogP contribution >= 0.6 is 0 Å². The Morgan fingerprint density at radius 2 is 2.05 bits per heavy atom. The molecular formula is C16H24N2O3. The van der Waals surface area contributed by atoms with E-state index in [1.54, 1.807) is 4.90 Å². The zero-order valence-corrected chi connectivity index (χ0v) is 12.4. The molecule has 1 heterocycles. The monoisotopic (exact) mass is 292 g/mol. The average molecular weight is 292 g/mol. The SMILES string of the molecule is CCCCCN1C(=O)[C@H](Oc2ccccc2)[C@@H]1[C@@H](N)CO. The van der Waals surface area contributed by atoms with Crippen LogP contribution in [0.5, 0.6) is 5.75 Å². The van der Waals surface area contributed by atoms with E-state index in [2.05, 4.69) is 6.92 Å². The molecule has 21 heavy (non-hydrogen) atoms. The number of β-lactam (4-membered cyclic amide) rings is 1. The molecule has 0 unspecified atom stereocenters. The minimum atomic E-state index is -0.587. The van der Waals surface area contributed by atoms with Crippen LogP contribution in [-0.2, 0) is 4.79 Å². The van der Waals surface area contributed by atoms with Crippen molar-refractivity contribution in [2.45, 2.75) is 44.4 Å². The first-order valence-electron chi connectivity index (χ1n) is 7.57. The summed E-state index contributed by atoms with van der Waals surface area (Å²) >= 11 is 0. The molecule has 0 saturated carbocycles. The molecule has 0 radical (unpaired) electrons. The number of hydrogen-bond donors (Lipinski definition) is 2. The van der Waals surface area contributed by atoms with Gasteiger partial charge in [0.15, 0.2) is 6.10 Å². The molecule has 1 aromatic carbocycles. The van der Waals surface area contributed by atoms with E-state index in [-0.39, 0.29) is 18.6 Å². The zero-order valence-electron chi connectivity index (χ0n) is 12.4. The van der Waals surface area contributed by atoms with E-state index in [4.69, 9.17) is 10.5 Å². The molecule has 3 atom stereocenters. The van der Waals surface area contributed by atoms with Crippen molar-refractivity contribution in [3.8, 4) is 5.75 Å². The van der Waals surface area contributed by atoms with Gasteiger partial charge < -0.3 is 20.5 Å². The molecule has 116 valence electrons. The third-order valence-electron chi connectivity index (χ3n) is 3.85. The number of amides is 1. The molecule has 0 aliphatic carbocycles. The van der Waals surface area contributed by atoms with E-state index >= 15 is 0 Å².